The van der Waals surface area contributed by atoms with Crippen molar-refractivity contribution in [3.05, 3.63) is 41.7 Å². The second-order valence-corrected chi connectivity index (χ2v) is 5.08. The Hall–Kier alpha value is -1.57. The third kappa shape index (κ3) is 1.75. The van der Waals surface area contributed by atoms with E-state index in [-0.39, 0.29) is 17.0 Å². The molecule has 0 aliphatic rings. The Balaban J connectivity index is 2.87. The van der Waals surface area contributed by atoms with Crippen LogP contribution in [0.4, 0.5) is 4.39 Å². The predicted octanol–water partition coefficient (Wildman–Crippen LogP) is 3.98. The van der Waals surface area contributed by atoms with Crippen LogP contribution in [0, 0.1) is 5.82 Å². The molecule has 0 spiro atoms. The highest BCUT2D eigenvalue weighted by Crippen LogP contribution is 2.33. The molecule has 0 aromatic heterocycles. The van der Waals surface area contributed by atoms with Gasteiger partial charge in [0.15, 0.2) is 0 Å². The Morgan fingerprint density at radius 3 is 2.44 bits per heavy atom. The Labute approximate surface area is 94.5 Å². The number of fused-ring (bicyclic) bond motifs is 1. The van der Waals surface area contributed by atoms with Gasteiger partial charge in [0.05, 0.1) is 0 Å². The van der Waals surface area contributed by atoms with Gasteiger partial charge in [0.2, 0.25) is 0 Å². The summed E-state index contributed by atoms with van der Waals surface area (Å²) in [4.78, 5) is 0. The fourth-order valence-electron chi connectivity index (χ4n) is 1.98. The molecule has 0 heterocycles. The van der Waals surface area contributed by atoms with Gasteiger partial charge in [-0.2, -0.15) is 0 Å². The van der Waals surface area contributed by atoms with Crippen molar-refractivity contribution < 1.29 is 9.50 Å². The van der Waals surface area contributed by atoms with Crippen molar-refractivity contribution >= 4 is 10.8 Å². The fourth-order valence-corrected chi connectivity index (χ4v) is 1.98. The Kier molecular flexibility index (Phi) is 2.38. The van der Waals surface area contributed by atoms with Crippen molar-refractivity contribution in [1.82, 2.24) is 0 Å². The minimum atomic E-state index is -0.361. The largest absolute Gasteiger partial charge is 0.508 e. The summed E-state index contributed by atoms with van der Waals surface area (Å²) in [7, 11) is 0. The van der Waals surface area contributed by atoms with Crippen LogP contribution in [0.5, 0.6) is 5.75 Å². The van der Waals surface area contributed by atoms with Crippen molar-refractivity contribution in [3.63, 3.8) is 0 Å². The van der Waals surface area contributed by atoms with Crippen LogP contribution in [0.15, 0.2) is 30.3 Å². The second-order valence-electron chi connectivity index (χ2n) is 5.08. The SMILES string of the molecule is CC(C)(C)c1cccc2cc(O)cc(F)c12. The van der Waals surface area contributed by atoms with Gasteiger partial charge in [0, 0.05) is 11.5 Å². The normalized spacial score (nSPS) is 12.0. The Bertz CT molecular complexity index is 538. The van der Waals surface area contributed by atoms with E-state index in [1.807, 2.05) is 39.0 Å². The summed E-state index contributed by atoms with van der Waals surface area (Å²) in [6.07, 6.45) is 0. The maximum absolute atomic E-state index is 13.9. The lowest BCUT2D eigenvalue weighted by Crippen LogP contribution is -2.12. The lowest BCUT2D eigenvalue weighted by atomic mass is 9.83. The minimum absolute atomic E-state index is 0.0314. The number of hydrogen-bond acceptors (Lipinski definition) is 1. The van der Waals surface area contributed by atoms with E-state index in [0.29, 0.717) is 5.39 Å². The van der Waals surface area contributed by atoms with Gasteiger partial charge in [0.25, 0.3) is 0 Å². The van der Waals surface area contributed by atoms with Gasteiger partial charge < -0.3 is 5.11 Å². The summed E-state index contributed by atoms with van der Waals surface area (Å²) >= 11 is 0. The van der Waals surface area contributed by atoms with Crippen molar-refractivity contribution in [2.45, 2.75) is 26.2 Å². The van der Waals surface area contributed by atoms with E-state index in [2.05, 4.69) is 0 Å². The lowest BCUT2D eigenvalue weighted by molar-refractivity contribution is 0.470. The molecule has 1 N–H and O–H groups in total. The number of hydrogen-bond donors (Lipinski definition) is 1. The zero-order valence-electron chi connectivity index (χ0n) is 9.71. The predicted molar refractivity (Wildman–Crippen MR) is 64.3 cm³/mol. The van der Waals surface area contributed by atoms with Gasteiger partial charge in [-0.3, -0.25) is 0 Å². The van der Waals surface area contributed by atoms with Crippen molar-refractivity contribution in [1.29, 1.82) is 0 Å². The van der Waals surface area contributed by atoms with Crippen LogP contribution in [0.2, 0.25) is 0 Å². The number of aromatic hydroxyl groups is 1. The fraction of sp³-hybridized carbons (Fsp3) is 0.286. The lowest BCUT2D eigenvalue weighted by Gasteiger charge is -2.21. The molecule has 2 aromatic rings. The van der Waals surface area contributed by atoms with Gasteiger partial charge in [0.1, 0.15) is 11.6 Å². The quantitative estimate of drug-likeness (QED) is 0.709. The molecule has 0 saturated carbocycles. The first kappa shape index (κ1) is 10.9. The van der Waals surface area contributed by atoms with Crippen LogP contribution >= 0.6 is 0 Å². The van der Waals surface area contributed by atoms with E-state index in [1.165, 1.54) is 0 Å². The molecule has 0 atom stereocenters. The molecule has 0 radical (unpaired) electrons. The summed E-state index contributed by atoms with van der Waals surface area (Å²) in [5.41, 5.74) is 0.847. The molecule has 0 amide bonds. The van der Waals surface area contributed by atoms with Crippen LogP contribution in [-0.4, -0.2) is 5.11 Å². The number of rotatable bonds is 0. The smallest absolute Gasteiger partial charge is 0.135 e. The molecule has 0 aliphatic heterocycles. The molecule has 0 fully saturated rings. The third-order valence-corrected chi connectivity index (χ3v) is 2.72. The summed E-state index contributed by atoms with van der Waals surface area (Å²) in [5.74, 6) is -0.392. The van der Waals surface area contributed by atoms with Gasteiger partial charge in [-0.25, -0.2) is 4.39 Å². The van der Waals surface area contributed by atoms with Crippen LogP contribution in [-0.2, 0) is 5.41 Å². The summed E-state index contributed by atoms with van der Waals surface area (Å²) in [5, 5.41) is 10.7. The van der Waals surface area contributed by atoms with Gasteiger partial charge in [-0.15, -0.1) is 0 Å². The van der Waals surface area contributed by atoms with E-state index in [4.69, 9.17) is 0 Å². The molecule has 2 rings (SSSR count). The summed E-state index contributed by atoms with van der Waals surface area (Å²) in [6, 6.07) is 8.39. The molecule has 16 heavy (non-hydrogen) atoms. The standard InChI is InChI=1S/C14H15FO/c1-14(2,3)11-6-4-5-9-7-10(16)8-12(15)13(9)11/h4-8,16H,1-3H3. The molecule has 1 nitrogen and oxygen atoms in total. The van der Waals surface area contributed by atoms with E-state index in [1.54, 1.807) is 6.07 Å². The second kappa shape index (κ2) is 3.48. The van der Waals surface area contributed by atoms with Crippen molar-refractivity contribution in [2.75, 3.05) is 0 Å². The molecule has 0 unspecified atom stereocenters. The average Bonchev–Trinajstić information content (AvgIpc) is 2.14. The molecule has 0 aliphatic carbocycles. The maximum Gasteiger partial charge on any atom is 0.135 e. The number of benzene rings is 2. The first-order chi connectivity index (χ1) is 7.39. The van der Waals surface area contributed by atoms with E-state index in [0.717, 1.165) is 17.0 Å². The highest BCUT2D eigenvalue weighted by molar-refractivity contribution is 5.88. The zero-order valence-corrected chi connectivity index (χ0v) is 9.71. The number of halogens is 1. The Morgan fingerprint density at radius 1 is 1.12 bits per heavy atom. The molecule has 0 bridgehead atoms. The number of phenolic OH excluding ortho intramolecular Hbond substituents is 1. The molecule has 0 saturated heterocycles. The maximum atomic E-state index is 13.9. The van der Waals surface area contributed by atoms with Crippen LogP contribution in [0.1, 0.15) is 26.3 Å². The van der Waals surface area contributed by atoms with E-state index < -0.39 is 0 Å². The Morgan fingerprint density at radius 2 is 1.81 bits per heavy atom. The monoisotopic (exact) mass is 218 g/mol. The first-order valence-electron chi connectivity index (χ1n) is 5.31. The highest BCUT2D eigenvalue weighted by atomic mass is 19.1. The van der Waals surface area contributed by atoms with Crippen LogP contribution in [0.25, 0.3) is 10.8 Å². The molecular formula is C14H15FO. The van der Waals surface area contributed by atoms with E-state index in [9.17, 15) is 9.50 Å². The number of phenols is 1. The van der Waals surface area contributed by atoms with Gasteiger partial charge in [-0.1, -0.05) is 39.0 Å². The van der Waals surface area contributed by atoms with Gasteiger partial charge in [-0.05, 0) is 22.4 Å². The summed E-state index contributed by atoms with van der Waals surface area (Å²) < 4.78 is 13.9. The van der Waals surface area contributed by atoms with Crippen LogP contribution < -0.4 is 0 Å². The molecular weight excluding hydrogens is 203 g/mol. The zero-order chi connectivity index (χ0) is 11.9. The van der Waals surface area contributed by atoms with Gasteiger partial charge >= 0.3 is 0 Å². The molecule has 2 aromatic carbocycles. The van der Waals surface area contributed by atoms with Crippen molar-refractivity contribution in [2.24, 2.45) is 0 Å². The molecule has 84 valence electrons. The average molecular weight is 218 g/mol. The minimum Gasteiger partial charge on any atom is -0.508 e. The summed E-state index contributed by atoms with van der Waals surface area (Å²) in [6.45, 7) is 6.15. The van der Waals surface area contributed by atoms with E-state index >= 15 is 0 Å². The topological polar surface area (TPSA) is 20.2 Å². The first-order valence-corrected chi connectivity index (χ1v) is 5.31. The third-order valence-electron chi connectivity index (χ3n) is 2.72. The highest BCUT2D eigenvalue weighted by Gasteiger charge is 2.19. The molecule has 2 heteroatoms. The van der Waals surface area contributed by atoms with Crippen molar-refractivity contribution in [3.8, 4) is 5.75 Å². The van der Waals surface area contributed by atoms with Crippen LogP contribution in [0.3, 0.4) is 0 Å².